The average Bonchev–Trinajstić information content (AvgIpc) is 3.32. The number of anilines is 3. The van der Waals surface area contributed by atoms with E-state index in [1.165, 1.54) is 6.07 Å². The van der Waals surface area contributed by atoms with Crippen molar-refractivity contribution >= 4 is 33.4 Å². The van der Waals surface area contributed by atoms with Crippen molar-refractivity contribution in [1.29, 1.82) is 0 Å². The van der Waals surface area contributed by atoms with E-state index >= 15 is 0 Å². The number of alkyl halides is 3. The van der Waals surface area contributed by atoms with Gasteiger partial charge in [0.1, 0.15) is 5.82 Å². The van der Waals surface area contributed by atoms with Crippen LogP contribution in [0, 0.1) is 0 Å². The van der Waals surface area contributed by atoms with E-state index in [1.54, 1.807) is 7.05 Å². The van der Waals surface area contributed by atoms with Crippen LogP contribution in [0.25, 0.3) is 0 Å². The maximum atomic E-state index is 12.7. The highest BCUT2D eigenvalue weighted by Crippen LogP contribution is 2.40. The summed E-state index contributed by atoms with van der Waals surface area (Å²) in [6.45, 7) is 0. The van der Waals surface area contributed by atoms with Gasteiger partial charge in [-0.25, -0.2) is 4.98 Å². The maximum Gasteiger partial charge on any atom is 0.416 e. The van der Waals surface area contributed by atoms with E-state index in [0.29, 0.717) is 27.8 Å². The van der Waals surface area contributed by atoms with Crippen molar-refractivity contribution in [2.75, 3.05) is 17.7 Å². The summed E-state index contributed by atoms with van der Waals surface area (Å²) < 4.78 is 38.4. The predicted octanol–water partition coefficient (Wildman–Crippen LogP) is 4.92. The lowest BCUT2D eigenvalue weighted by atomic mass is 10.2. The average molecular weight is 387 g/mol. The van der Waals surface area contributed by atoms with Crippen LogP contribution in [0.15, 0.2) is 28.7 Å². The molecule has 1 aromatic carbocycles. The molecule has 1 heterocycles. The van der Waals surface area contributed by atoms with Gasteiger partial charge in [0.05, 0.1) is 16.9 Å². The number of hydrogen-bond donors (Lipinski definition) is 2. The normalized spacial score (nSPS) is 14.7. The first-order valence-electron chi connectivity index (χ1n) is 7.07. The Hall–Kier alpha value is -1.83. The molecule has 0 aliphatic heterocycles. The summed E-state index contributed by atoms with van der Waals surface area (Å²) >= 11 is 3.17. The van der Waals surface area contributed by atoms with Crippen molar-refractivity contribution in [3.05, 3.63) is 40.0 Å². The molecule has 1 aromatic heterocycles. The Kier molecular flexibility index (Phi) is 4.18. The highest BCUT2D eigenvalue weighted by atomic mass is 79.9. The van der Waals surface area contributed by atoms with Crippen LogP contribution >= 0.6 is 15.9 Å². The summed E-state index contributed by atoms with van der Waals surface area (Å²) in [4.78, 5) is 8.69. The van der Waals surface area contributed by atoms with Crippen molar-refractivity contribution < 1.29 is 13.2 Å². The van der Waals surface area contributed by atoms with Crippen molar-refractivity contribution in [2.24, 2.45) is 0 Å². The maximum absolute atomic E-state index is 12.7. The number of nitrogens with one attached hydrogen (secondary N) is 2. The van der Waals surface area contributed by atoms with Crippen LogP contribution in [0.3, 0.4) is 0 Å². The van der Waals surface area contributed by atoms with E-state index in [0.717, 1.165) is 30.7 Å². The van der Waals surface area contributed by atoms with Gasteiger partial charge < -0.3 is 10.6 Å². The standard InChI is InChI=1S/C15H14BrF3N4/c1-20-14-22-12(8-2-3-8)7-13(23-14)21-11-5-4-9(6-10(11)16)15(17,18)19/h4-8H,2-3H2,1H3,(H2,20,21,22,23). The Morgan fingerprint density at radius 1 is 1.17 bits per heavy atom. The number of halogens is 4. The zero-order valence-corrected chi connectivity index (χ0v) is 13.8. The molecule has 3 rings (SSSR count). The van der Waals surface area contributed by atoms with Crippen LogP contribution in [0.4, 0.5) is 30.6 Å². The quantitative estimate of drug-likeness (QED) is 0.782. The zero-order valence-electron chi connectivity index (χ0n) is 12.2. The Morgan fingerprint density at radius 2 is 1.91 bits per heavy atom. The molecule has 8 heteroatoms. The predicted molar refractivity (Wildman–Crippen MR) is 86.0 cm³/mol. The fourth-order valence-electron chi connectivity index (χ4n) is 2.16. The van der Waals surface area contributed by atoms with Crippen LogP contribution in [-0.2, 0) is 6.18 Å². The summed E-state index contributed by atoms with van der Waals surface area (Å²) in [7, 11) is 1.73. The fourth-order valence-corrected chi connectivity index (χ4v) is 2.64. The largest absolute Gasteiger partial charge is 0.416 e. The van der Waals surface area contributed by atoms with Crippen LogP contribution in [0.2, 0.25) is 0 Å². The molecular weight excluding hydrogens is 373 g/mol. The molecule has 4 nitrogen and oxygen atoms in total. The minimum atomic E-state index is -4.37. The van der Waals surface area contributed by atoms with Crippen LogP contribution < -0.4 is 10.6 Å². The summed E-state index contributed by atoms with van der Waals surface area (Å²) in [5, 5.41) is 5.94. The van der Waals surface area contributed by atoms with Gasteiger partial charge in [0.15, 0.2) is 0 Å². The SMILES string of the molecule is CNc1nc(Nc2ccc(C(F)(F)F)cc2Br)cc(C2CC2)n1. The van der Waals surface area contributed by atoms with Crippen molar-refractivity contribution in [2.45, 2.75) is 24.9 Å². The molecule has 0 saturated heterocycles. The van der Waals surface area contributed by atoms with E-state index < -0.39 is 11.7 Å². The first-order chi connectivity index (χ1) is 10.9. The van der Waals surface area contributed by atoms with Gasteiger partial charge in [-0.3, -0.25) is 0 Å². The van der Waals surface area contributed by atoms with Crippen molar-refractivity contribution in [3.63, 3.8) is 0 Å². The van der Waals surface area contributed by atoms with Gasteiger partial charge in [-0.1, -0.05) is 0 Å². The molecule has 0 radical (unpaired) electrons. The van der Waals surface area contributed by atoms with Crippen molar-refractivity contribution in [3.8, 4) is 0 Å². The fraction of sp³-hybridized carbons (Fsp3) is 0.333. The molecule has 0 bridgehead atoms. The topological polar surface area (TPSA) is 49.8 Å². The molecule has 1 aliphatic carbocycles. The van der Waals surface area contributed by atoms with Crippen LogP contribution in [-0.4, -0.2) is 17.0 Å². The number of aromatic nitrogens is 2. The molecule has 0 amide bonds. The van der Waals surface area contributed by atoms with E-state index in [1.807, 2.05) is 6.07 Å². The van der Waals surface area contributed by atoms with E-state index in [4.69, 9.17) is 0 Å². The lowest BCUT2D eigenvalue weighted by Crippen LogP contribution is -2.06. The lowest BCUT2D eigenvalue weighted by Gasteiger charge is -2.13. The van der Waals surface area contributed by atoms with Crippen LogP contribution in [0.1, 0.15) is 30.0 Å². The number of hydrogen-bond acceptors (Lipinski definition) is 4. The second-order valence-corrected chi connectivity index (χ2v) is 6.20. The lowest BCUT2D eigenvalue weighted by molar-refractivity contribution is -0.137. The molecule has 23 heavy (non-hydrogen) atoms. The molecule has 122 valence electrons. The summed E-state index contributed by atoms with van der Waals surface area (Å²) in [6.07, 6.45) is -2.17. The number of nitrogens with zero attached hydrogens (tertiary/aromatic N) is 2. The van der Waals surface area contributed by atoms with Crippen LogP contribution in [0.5, 0.6) is 0 Å². The second-order valence-electron chi connectivity index (χ2n) is 5.34. The molecular formula is C15H14BrF3N4. The third-order valence-electron chi connectivity index (χ3n) is 3.52. The third kappa shape index (κ3) is 3.74. The number of rotatable bonds is 4. The van der Waals surface area contributed by atoms with Gasteiger partial charge in [-0.15, -0.1) is 0 Å². The zero-order chi connectivity index (χ0) is 16.6. The van der Waals surface area contributed by atoms with Gasteiger partial charge in [0.25, 0.3) is 0 Å². The molecule has 0 atom stereocenters. The molecule has 1 aliphatic rings. The Labute approximate surface area is 139 Å². The molecule has 1 saturated carbocycles. The highest BCUT2D eigenvalue weighted by molar-refractivity contribution is 9.10. The minimum absolute atomic E-state index is 0.324. The van der Waals surface area contributed by atoms with Gasteiger partial charge >= 0.3 is 6.18 Å². The van der Waals surface area contributed by atoms with E-state index in [2.05, 4.69) is 36.5 Å². The van der Waals surface area contributed by atoms with Gasteiger partial charge in [0.2, 0.25) is 5.95 Å². The monoisotopic (exact) mass is 386 g/mol. The molecule has 2 aromatic rings. The first-order valence-corrected chi connectivity index (χ1v) is 7.86. The Morgan fingerprint density at radius 3 is 2.48 bits per heavy atom. The van der Waals surface area contributed by atoms with Gasteiger partial charge in [-0.2, -0.15) is 18.2 Å². The molecule has 0 spiro atoms. The highest BCUT2D eigenvalue weighted by Gasteiger charge is 2.31. The second kappa shape index (κ2) is 5.99. The Bertz CT molecular complexity index is 729. The summed E-state index contributed by atoms with van der Waals surface area (Å²) in [6, 6.07) is 5.30. The molecule has 2 N–H and O–H groups in total. The Balaban J connectivity index is 1.88. The molecule has 0 unspecified atom stereocenters. The molecule has 1 fully saturated rings. The number of benzene rings is 1. The summed E-state index contributed by atoms with van der Waals surface area (Å²) in [5.41, 5.74) is 0.752. The van der Waals surface area contributed by atoms with Gasteiger partial charge in [-0.05, 0) is 47.0 Å². The van der Waals surface area contributed by atoms with E-state index in [9.17, 15) is 13.2 Å². The van der Waals surface area contributed by atoms with Crippen molar-refractivity contribution in [1.82, 2.24) is 9.97 Å². The smallest absolute Gasteiger partial charge is 0.357 e. The van der Waals surface area contributed by atoms with Gasteiger partial charge in [0, 0.05) is 23.5 Å². The third-order valence-corrected chi connectivity index (χ3v) is 4.18. The van der Waals surface area contributed by atoms with E-state index in [-0.39, 0.29) is 0 Å². The minimum Gasteiger partial charge on any atom is -0.357 e. The summed E-state index contributed by atoms with van der Waals surface area (Å²) in [5.74, 6) is 1.48. The first kappa shape index (κ1) is 16.0.